The van der Waals surface area contributed by atoms with E-state index in [1.165, 1.54) is 12.1 Å². The first-order chi connectivity index (χ1) is 10.4. The molecule has 1 unspecified atom stereocenters. The molecule has 22 heavy (non-hydrogen) atoms. The molecule has 0 fully saturated rings. The van der Waals surface area contributed by atoms with E-state index in [1.54, 1.807) is 6.07 Å². The first-order valence-electron chi connectivity index (χ1n) is 7.54. The van der Waals surface area contributed by atoms with Crippen LogP contribution in [0.15, 0.2) is 18.2 Å². The zero-order valence-electron chi connectivity index (χ0n) is 12.9. The fourth-order valence-electron chi connectivity index (χ4n) is 2.56. The number of fused-ring (bicyclic) bond motifs is 1. The number of rotatable bonds is 5. The number of hydrogen-bond acceptors (Lipinski definition) is 3. The van der Waals surface area contributed by atoms with Gasteiger partial charge in [0.2, 0.25) is 11.8 Å². The van der Waals surface area contributed by atoms with Crippen molar-refractivity contribution >= 4 is 17.5 Å². The van der Waals surface area contributed by atoms with Crippen molar-refractivity contribution in [3.05, 3.63) is 29.6 Å². The van der Waals surface area contributed by atoms with Gasteiger partial charge in [0, 0.05) is 24.2 Å². The Labute approximate surface area is 129 Å². The van der Waals surface area contributed by atoms with E-state index in [2.05, 4.69) is 10.6 Å². The second-order valence-electron chi connectivity index (χ2n) is 5.82. The highest BCUT2D eigenvalue weighted by molar-refractivity contribution is 6.01. The molecule has 6 heteroatoms. The van der Waals surface area contributed by atoms with E-state index in [4.69, 9.17) is 5.73 Å². The van der Waals surface area contributed by atoms with Gasteiger partial charge < -0.3 is 16.4 Å². The van der Waals surface area contributed by atoms with Crippen molar-refractivity contribution in [1.29, 1.82) is 0 Å². The molecule has 1 heterocycles. The van der Waals surface area contributed by atoms with Crippen LogP contribution in [0.2, 0.25) is 0 Å². The minimum Gasteiger partial charge on any atom is -0.354 e. The van der Waals surface area contributed by atoms with Crippen LogP contribution < -0.4 is 16.4 Å². The minimum atomic E-state index is -0.609. The summed E-state index contributed by atoms with van der Waals surface area (Å²) in [4.78, 5) is 24.2. The van der Waals surface area contributed by atoms with Crippen molar-refractivity contribution in [3.8, 4) is 0 Å². The molecule has 2 amide bonds. The van der Waals surface area contributed by atoms with Crippen molar-refractivity contribution in [3.63, 3.8) is 0 Å². The lowest BCUT2D eigenvalue weighted by Crippen LogP contribution is -2.50. The summed E-state index contributed by atoms with van der Waals surface area (Å²) in [7, 11) is 0. The maximum atomic E-state index is 13.3. The molecule has 0 saturated heterocycles. The fraction of sp³-hybridized carbons (Fsp3) is 0.500. The van der Waals surface area contributed by atoms with Gasteiger partial charge in [-0.1, -0.05) is 19.9 Å². The van der Waals surface area contributed by atoms with E-state index in [-0.39, 0.29) is 18.2 Å². The number of carbonyl (C=O) groups is 2. The number of halogens is 1. The van der Waals surface area contributed by atoms with Gasteiger partial charge in [-0.25, -0.2) is 4.39 Å². The molecule has 1 aliphatic rings. The topological polar surface area (TPSA) is 84.2 Å². The molecular formula is C16H22FN3O2. The molecule has 1 atom stereocenters. The van der Waals surface area contributed by atoms with Gasteiger partial charge >= 0.3 is 0 Å². The SMILES string of the molecule is CCC(N)(CC)CNC(=O)C1CC(=O)Nc2cc(F)ccc21. The van der Waals surface area contributed by atoms with Crippen LogP contribution in [0.5, 0.6) is 0 Å². The lowest BCUT2D eigenvalue weighted by molar-refractivity contribution is -0.126. The second-order valence-corrected chi connectivity index (χ2v) is 5.82. The quantitative estimate of drug-likeness (QED) is 0.776. The van der Waals surface area contributed by atoms with Crippen LogP contribution in [0.1, 0.15) is 44.6 Å². The van der Waals surface area contributed by atoms with Gasteiger partial charge in [0.1, 0.15) is 5.82 Å². The van der Waals surface area contributed by atoms with Crippen molar-refractivity contribution in [2.24, 2.45) is 5.73 Å². The van der Waals surface area contributed by atoms with Gasteiger partial charge in [-0.05, 0) is 30.5 Å². The Hall–Kier alpha value is -1.95. The largest absolute Gasteiger partial charge is 0.354 e. The number of hydrogen-bond donors (Lipinski definition) is 3. The van der Waals surface area contributed by atoms with Gasteiger partial charge in [-0.3, -0.25) is 9.59 Å². The van der Waals surface area contributed by atoms with Gasteiger partial charge in [0.15, 0.2) is 0 Å². The fourth-order valence-corrected chi connectivity index (χ4v) is 2.56. The molecule has 0 bridgehead atoms. The Morgan fingerprint density at radius 1 is 1.45 bits per heavy atom. The molecule has 4 N–H and O–H groups in total. The summed E-state index contributed by atoms with van der Waals surface area (Å²) in [5.74, 6) is -1.59. The molecule has 0 spiro atoms. The lowest BCUT2D eigenvalue weighted by Gasteiger charge is -2.29. The first kappa shape index (κ1) is 16.4. The third-order valence-electron chi connectivity index (χ3n) is 4.39. The molecule has 1 aromatic carbocycles. The Morgan fingerprint density at radius 3 is 2.77 bits per heavy atom. The van der Waals surface area contributed by atoms with Gasteiger partial charge in [0.05, 0.1) is 5.92 Å². The second kappa shape index (κ2) is 6.44. The summed E-state index contributed by atoms with van der Waals surface area (Å²) >= 11 is 0. The van der Waals surface area contributed by atoms with Crippen LogP contribution in [0.25, 0.3) is 0 Å². The van der Waals surface area contributed by atoms with Crippen molar-refractivity contribution in [2.75, 3.05) is 11.9 Å². The smallest absolute Gasteiger partial charge is 0.228 e. The summed E-state index contributed by atoms with van der Waals surface area (Å²) < 4.78 is 13.3. The molecule has 0 aromatic heterocycles. The molecular weight excluding hydrogens is 285 g/mol. The third kappa shape index (κ3) is 3.44. The van der Waals surface area contributed by atoms with E-state index in [9.17, 15) is 14.0 Å². The standard InChI is InChI=1S/C16H22FN3O2/c1-3-16(18,4-2)9-19-15(22)12-8-14(21)20-13-7-10(17)5-6-11(12)13/h5-7,12H,3-4,8-9,18H2,1-2H3,(H,19,22)(H,20,21). The van der Waals surface area contributed by atoms with Gasteiger partial charge in [-0.15, -0.1) is 0 Å². The number of nitrogens with two attached hydrogens (primary N) is 1. The molecule has 0 radical (unpaired) electrons. The van der Waals surface area contributed by atoms with Crippen LogP contribution in [0.4, 0.5) is 10.1 Å². The average molecular weight is 307 g/mol. The van der Waals surface area contributed by atoms with Crippen molar-refractivity contribution < 1.29 is 14.0 Å². The Balaban J connectivity index is 2.15. The monoisotopic (exact) mass is 307 g/mol. The Kier molecular flexibility index (Phi) is 4.81. The molecule has 0 aliphatic carbocycles. The lowest BCUT2D eigenvalue weighted by atomic mass is 9.89. The average Bonchev–Trinajstić information content (AvgIpc) is 2.51. The van der Waals surface area contributed by atoms with Crippen molar-refractivity contribution in [1.82, 2.24) is 5.32 Å². The summed E-state index contributed by atoms with van der Waals surface area (Å²) in [6.07, 6.45) is 1.55. The predicted octanol–water partition coefficient (Wildman–Crippen LogP) is 1.89. The Morgan fingerprint density at radius 2 is 2.14 bits per heavy atom. The highest BCUT2D eigenvalue weighted by Crippen LogP contribution is 2.32. The predicted molar refractivity (Wildman–Crippen MR) is 82.9 cm³/mol. The number of carbonyl (C=O) groups excluding carboxylic acids is 2. The normalized spacial score (nSPS) is 17.6. The third-order valence-corrected chi connectivity index (χ3v) is 4.39. The molecule has 5 nitrogen and oxygen atoms in total. The van der Waals surface area contributed by atoms with E-state index >= 15 is 0 Å². The van der Waals surface area contributed by atoms with Crippen LogP contribution in [-0.2, 0) is 9.59 Å². The molecule has 1 aromatic rings. The maximum absolute atomic E-state index is 13.3. The molecule has 1 aliphatic heterocycles. The van der Waals surface area contributed by atoms with Gasteiger partial charge in [-0.2, -0.15) is 0 Å². The Bertz CT molecular complexity index is 585. The van der Waals surface area contributed by atoms with E-state index in [1.807, 2.05) is 13.8 Å². The highest BCUT2D eigenvalue weighted by atomic mass is 19.1. The zero-order valence-corrected chi connectivity index (χ0v) is 12.9. The van der Waals surface area contributed by atoms with E-state index < -0.39 is 17.3 Å². The van der Waals surface area contributed by atoms with Crippen LogP contribution in [0.3, 0.4) is 0 Å². The van der Waals surface area contributed by atoms with Crippen LogP contribution in [-0.4, -0.2) is 23.9 Å². The first-order valence-corrected chi connectivity index (χ1v) is 7.54. The summed E-state index contributed by atoms with van der Waals surface area (Å²) in [6, 6.07) is 4.07. The number of anilines is 1. The number of benzene rings is 1. The summed E-state index contributed by atoms with van der Waals surface area (Å²) in [5.41, 5.74) is 6.72. The van der Waals surface area contributed by atoms with Gasteiger partial charge in [0.25, 0.3) is 0 Å². The summed E-state index contributed by atoms with van der Waals surface area (Å²) in [6.45, 7) is 4.30. The molecule has 0 saturated carbocycles. The number of nitrogens with one attached hydrogen (secondary N) is 2. The minimum absolute atomic E-state index is 0.0558. The number of amides is 2. The highest BCUT2D eigenvalue weighted by Gasteiger charge is 2.32. The maximum Gasteiger partial charge on any atom is 0.228 e. The van der Waals surface area contributed by atoms with E-state index in [0.29, 0.717) is 17.8 Å². The summed E-state index contributed by atoms with van der Waals surface area (Å²) in [5, 5.41) is 5.43. The zero-order chi connectivity index (χ0) is 16.3. The molecule has 120 valence electrons. The van der Waals surface area contributed by atoms with E-state index in [0.717, 1.165) is 12.8 Å². The van der Waals surface area contributed by atoms with Crippen LogP contribution >= 0.6 is 0 Å². The van der Waals surface area contributed by atoms with Crippen LogP contribution in [0, 0.1) is 5.82 Å². The molecule has 2 rings (SSSR count). The van der Waals surface area contributed by atoms with Crippen molar-refractivity contribution in [2.45, 2.75) is 44.6 Å².